The van der Waals surface area contributed by atoms with Crippen molar-refractivity contribution in [2.45, 2.75) is 51.9 Å². The van der Waals surface area contributed by atoms with Crippen LogP contribution in [0.3, 0.4) is 0 Å². The molecule has 0 aliphatic carbocycles. The largest absolute Gasteiger partial charge is 0.481 e. The molecule has 0 saturated heterocycles. The Morgan fingerprint density at radius 3 is 2.13 bits per heavy atom. The van der Waals surface area contributed by atoms with E-state index in [1.54, 1.807) is 0 Å². The number of hydrogen-bond donors (Lipinski definition) is 1. The van der Waals surface area contributed by atoms with Gasteiger partial charge in [-0.1, -0.05) is 61.9 Å². The zero-order valence-corrected chi connectivity index (χ0v) is 13.9. The van der Waals surface area contributed by atoms with Crippen LogP contribution in [0.1, 0.15) is 50.2 Å². The van der Waals surface area contributed by atoms with Crippen molar-refractivity contribution in [2.24, 2.45) is 0 Å². The maximum absolute atomic E-state index is 10.7. The third-order valence-corrected chi connectivity index (χ3v) is 4.19. The number of carbonyl (C=O) groups is 1. The summed E-state index contributed by atoms with van der Waals surface area (Å²) in [5.74, 6) is -0.704. The lowest BCUT2D eigenvalue weighted by atomic mass is 9.89. The average Bonchev–Trinajstić information content (AvgIpc) is 2.57. The molecule has 2 rings (SSSR count). The zero-order chi connectivity index (χ0) is 16.5. The van der Waals surface area contributed by atoms with Crippen molar-refractivity contribution in [3.05, 3.63) is 59.7 Å². The number of carboxylic acid groups (broad SMARTS) is 1. The second-order valence-corrected chi connectivity index (χ2v) is 6.02. The topological polar surface area (TPSA) is 37.3 Å². The van der Waals surface area contributed by atoms with Gasteiger partial charge in [0.2, 0.25) is 0 Å². The molecule has 23 heavy (non-hydrogen) atoms. The van der Waals surface area contributed by atoms with E-state index in [9.17, 15) is 4.79 Å². The summed E-state index contributed by atoms with van der Waals surface area (Å²) < 4.78 is 0. The lowest BCUT2D eigenvalue weighted by Gasteiger charge is -2.15. The maximum Gasteiger partial charge on any atom is 0.303 e. The van der Waals surface area contributed by atoms with Crippen LogP contribution in [-0.4, -0.2) is 11.1 Å². The van der Waals surface area contributed by atoms with E-state index in [4.69, 9.17) is 5.11 Å². The molecule has 0 amide bonds. The van der Waals surface area contributed by atoms with Crippen molar-refractivity contribution in [1.82, 2.24) is 0 Å². The minimum Gasteiger partial charge on any atom is -0.481 e. The van der Waals surface area contributed by atoms with Gasteiger partial charge in [0.1, 0.15) is 0 Å². The summed E-state index contributed by atoms with van der Waals surface area (Å²) in [5.41, 5.74) is 5.38. The third-order valence-electron chi connectivity index (χ3n) is 4.19. The lowest BCUT2D eigenvalue weighted by molar-refractivity contribution is -0.137. The van der Waals surface area contributed by atoms with Crippen LogP contribution in [0, 0.1) is 0 Å². The van der Waals surface area contributed by atoms with Crippen LogP contribution in [0.25, 0.3) is 11.1 Å². The van der Waals surface area contributed by atoms with Gasteiger partial charge in [0.25, 0.3) is 0 Å². The summed E-state index contributed by atoms with van der Waals surface area (Å²) in [6, 6.07) is 17.1. The van der Waals surface area contributed by atoms with E-state index < -0.39 is 5.97 Å². The summed E-state index contributed by atoms with van der Waals surface area (Å²) in [4.78, 5) is 10.7. The number of hydrogen-bond acceptors (Lipinski definition) is 1. The van der Waals surface area contributed by atoms with Crippen molar-refractivity contribution in [1.29, 1.82) is 0 Å². The first-order valence-electron chi connectivity index (χ1n) is 8.60. The van der Waals surface area contributed by atoms with Crippen molar-refractivity contribution in [2.75, 3.05) is 0 Å². The fourth-order valence-corrected chi connectivity index (χ4v) is 3.00. The minimum atomic E-state index is -0.704. The van der Waals surface area contributed by atoms with E-state index in [-0.39, 0.29) is 6.42 Å². The Labute approximate surface area is 139 Å². The minimum absolute atomic E-state index is 0.260. The fraction of sp³-hybridized carbons (Fsp3) is 0.381. The monoisotopic (exact) mass is 310 g/mol. The highest BCUT2D eigenvalue weighted by molar-refractivity contribution is 5.71. The number of aryl methyl sites for hydroxylation is 2. The van der Waals surface area contributed by atoms with Crippen molar-refractivity contribution < 1.29 is 9.90 Å². The number of carboxylic acids is 1. The van der Waals surface area contributed by atoms with Crippen LogP contribution in [0.15, 0.2) is 48.5 Å². The Kier molecular flexibility index (Phi) is 6.86. The molecule has 0 aliphatic rings. The molecule has 122 valence electrons. The van der Waals surface area contributed by atoms with E-state index in [2.05, 4.69) is 49.4 Å². The average molecular weight is 310 g/mol. The van der Waals surface area contributed by atoms with Gasteiger partial charge in [0.15, 0.2) is 0 Å². The summed E-state index contributed by atoms with van der Waals surface area (Å²) in [6.07, 6.45) is 6.35. The first-order valence-corrected chi connectivity index (χ1v) is 8.60. The van der Waals surface area contributed by atoms with Gasteiger partial charge in [-0.2, -0.15) is 0 Å². The summed E-state index contributed by atoms with van der Waals surface area (Å²) in [7, 11) is 0. The molecule has 0 radical (unpaired) electrons. The van der Waals surface area contributed by atoms with E-state index >= 15 is 0 Å². The van der Waals surface area contributed by atoms with Crippen LogP contribution < -0.4 is 0 Å². The number of rotatable bonds is 9. The molecule has 0 saturated carbocycles. The third kappa shape index (κ3) is 5.24. The van der Waals surface area contributed by atoms with Gasteiger partial charge in [-0.05, 0) is 54.4 Å². The van der Waals surface area contributed by atoms with Gasteiger partial charge in [0, 0.05) is 6.42 Å². The Balaban J connectivity index is 2.24. The molecule has 0 bridgehead atoms. The van der Waals surface area contributed by atoms with E-state index in [1.807, 2.05) is 6.07 Å². The summed E-state index contributed by atoms with van der Waals surface area (Å²) >= 11 is 0. The molecule has 2 nitrogen and oxygen atoms in total. The molecule has 0 aliphatic heterocycles. The standard InChI is InChI=1S/C21H26O2/c1-2-3-10-17-14-9-15-19(13-7-8-16-20(22)23)21(17)18-11-5-4-6-12-18/h4-6,9,11-12,14-15H,2-3,7-8,10,13,16H2,1H3,(H,22,23). The molecule has 0 fully saturated rings. The smallest absolute Gasteiger partial charge is 0.303 e. The molecule has 1 N–H and O–H groups in total. The maximum atomic E-state index is 10.7. The van der Waals surface area contributed by atoms with E-state index in [1.165, 1.54) is 35.1 Å². The van der Waals surface area contributed by atoms with Gasteiger partial charge in [-0.3, -0.25) is 4.79 Å². The van der Waals surface area contributed by atoms with Crippen LogP contribution in [-0.2, 0) is 17.6 Å². The van der Waals surface area contributed by atoms with Crippen LogP contribution in [0.5, 0.6) is 0 Å². The first kappa shape index (κ1) is 17.3. The number of benzene rings is 2. The molecule has 0 heterocycles. The molecule has 2 heteroatoms. The number of unbranched alkanes of at least 4 members (excludes halogenated alkanes) is 2. The van der Waals surface area contributed by atoms with Crippen molar-refractivity contribution in [3.63, 3.8) is 0 Å². The summed E-state index contributed by atoms with van der Waals surface area (Å²) in [6.45, 7) is 2.22. The first-order chi connectivity index (χ1) is 11.2. The predicted molar refractivity (Wildman–Crippen MR) is 95.7 cm³/mol. The molecule has 0 spiro atoms. The van der Waals surface area contributed by atoms with Crippen LogP contribution >= 0.6 is 0 Å². The molecule has 2 aromatic rings. The SMILES string of the molecule is CCCCc1cccc(CCCCC(=O)O)c1-c1ccccc1. The van der Waals surface area contributed by atoms with Gasteiger partial charge in [0.05, 0.1) is 0 Å². The van der Waals surface area contributed by atoms with E-state index in [0.29, 0.717) is 0 Å². The van der Waals surface area contributed by atoms with Crippen LogP contribution in [0.4, 0.5) is 0 Å². The summed E-state index contributed by atoms with van der Waals surface area (Å²) in [5, 5.41) is 8.78. The molecule has 0 aromatic heterocycles. The fourth-order valence-electron chi connectivity index (χ4n) is 3.00. The highest BCUT2D eigenvalue weighted by Gasteiger charge is 2.10. The van der Waals surface area contributed by atoms with Gasteiger partial charge in [-0.25, -0.2) is 0 Å². The Morgan fingerprint density at radius 2 is 1.52 bits per heavy atom. The molecule has 0 unspecified atom stereocenters. The van der Waals surface area contributed by atoms with Crippen molar-refractivity contribution >= 4 is 5.97 Å². The second kappa shape index (κ2) is 9.14. The Bertz CT molecular complexity index is 617. The molecule has 2 aromatic carbocycles. The second-order valence-electron chi connectivity index (χ2n) is 6.02. The zero-order valence-electron chi connectivity index (χ0n) is 13.9. The van der Waals surface area contributed by atoms with Crippen LogP contribution in [0.2, 0.25) is 0 Å². The van der Waals surface area contributed by atoms with E-state index in [0.717, 1.165) is 25.7 Å². The lowest BCUT2D eigenvalue weighted by Crippen LogP contribution is -1.99. The van der Waals surface area contributed by atoms with Gasteiger partial charge >= 0.3 is 5.97 Å². The Hall–Kier alpha value is -2.09. The normalized spacial score (nSPS) is 10.7. The molecule has 0 atom stereocenters. The Morgan fingerprint density at radius 1 is 0.870 bits per heavy atom. The predicted octanol–water partition coefficient (Wildman–Crippen LogP) is 5.49. The number of aliphatic carboxylic acids is 1. The van der Waals surface area contributed by atoms with Gasteiger partial charge in [-0.15, -0.1) is 0 Å². The molecular formula is C21H26O2. The van der Waals surface area contributed by atoms with Gasteiger partial charge < -0.3 is 5.11 Å². The highest BCUT2D eigenvalue weighted by atomic mass is 16.4. The highest BCUT2D eigenvalue weighted by Crippen LogP contribution is 2.30. The van der Waals surface area contributed by atoms with Crippen molar-refractivity contribution in [3.8, 4) is 11.1 Å². The quantitative estimate of drug-likeness (QED) is 0.621. The molecular weight excluding hydrogens is 284 g/mol.